The van der Waals surface area contributed by atoms with Crippen molar-refractivity contribution in [1.29, 1.82) is 0 Å². The molecule has 2 aromatic carbocycles. The number of carbonyl (C=O) groups excluding carboxylic acids is 7. The second kappa shape index (κ2) is 21.3. The van der Waals surface area contributed by atoms with Crippen LogP contribution in [0.1, 0.15) is 30.4 Å². The molecular weight excluding hydrogens is 700 g/mol. The molecule has 0 bridgehead atoms. The first kappa shape index (κ1) is 43.0. The number of aromatic hydroxyl groups is 1. The van der Waals surface area contributed by atoms with E-state index in [1.54, 1.807) is 30.3 Å². The fourth-order valence-corrected chi connectivity index (χ4v) is 4.72. The molecule has 0 fully saturated rings. The van der Waals surface area contributed by atoms with Gasteiger partial charge in [0.15, 0.2) is 0 Å². The maximum Gasteiger partial charge on any atom is 0.326 e. The number of phenols is 1. The normalized spacial score (nSPS) is 14.2. The molecule has 0 heterocycles. The van der Waals surface area contributed by atoms with Crippen LogP contribution in [0.15, 0.2) is 54.6 Å². The van der Waals surface area contributed by atoms with Gasteiger partial charge in [0, 0.05) is 19.3 Å². The first-order valence-corrected chi connectivity index (χ1v) is 16.1. The standard InChI is InChI=1S/C33H44N8O12/c34-20(10-11-26(35)45)28(47)37-21(12-17-4-2-1-3-5-17)29(48)38-22(13-18-6-8-19(44)9-7-18)30(49)40-25(16-43)32(51)41-24(15-42)31(50)39-23(33(52)53)14-27(36)46/h1-9,20-25,42-44H,10-16,34H2,(H2,35,45)(H2,36,46)(H,37,47)(H,38,48)(H,39,50)(H,40,49)(H,41,51)(H,52,53)/t20-,21-,22-,23-,24-,25-/m0/s1. The van der Waals surface area contributed by atoms with Crippen LogP contribution < -0.4 is 43.8 Å². The van der Waals surface area contributed by atoms with E-state index in [1.807, 2.05) is 5.32 Å². The predicted octanol–water partition coefficient (Wildman–Crippen LogP) is -4.86. The Morgan fingerprint density at radius 1 is 0.566 bits per heavy atom. The molecular formula is C33H44N8O12. The summed E-state index contributed by atoms with van der Waals surface area (Å²) in [6, 6.07) is 4.65. The van der Waals surface area contributed by atoms with Gasteiger partial charge in [0.1, 0.15) is 36.0 Å². The third-order valence-electron chi connectivity index (χ3n) is 7.61. The molecule has 53 heavy (non-hydrogen) atoms. The number of hydrogen-bond acceptors (Lipinski definition) is 12. The molecule has 288 valence electrons. The number of primary amides is 2. The first-order valence-electron chi connectivity index (χ1n) is 16.1. The van der Waals surface area contributed by atoms with Gasteiger partial charge in [0.2, 0.25) is 41.4 Å². The van der Waals surface area contributed by atoms with E-state index in [2.05, 4.69) is 21.3 Å². The van der Waals surface area contributed by atoms with Crippen molar-refractivity contribution in [1.82, 2.24) is 26.6 Å². The highest BCUT2D eigenvalue weighted by atomic mass is 16.4. The lowest BCUT2D eigenvalue weighted by Gasteiger charge is -2.26. The molecule has 15 N–H and O–H groups in total. The lowest BCUT2D eigenvalue weighted by molar-refractivity contribution is -0.144. The second-order valence-electron chi connectivity index (χ2n) is 11.9. The average Bonchev–Trinajstić information content (AvgIpc) is 3.11. The first-order chi connectivity index (χ1) is 25.0. The summed E-state index contributed by atoms with van der Waals surface area (Å²) >= 11 is 0. The van der Waals surface area contributed by atoms with Gasteiger partial charge >= 0.3 is 5.97 Å². The van der Waals surface area contributed by atoms with Gasteiger partial charge in [0.05, 0.1) is 25.7 Å². The van der Waals surface area contributed by atoms with Crippen LogP contribution in [0, 0.1) is 0 Å². The van der Waals surface area contributed by atoms with E-state index in [1.165, 1.54) is 24.3 Å². The summed E-state index contributed by atoms with van der Waals surface area (Å²) in [6.07, 6.45) is -1.40. The Hall–Kier alpha value is -6.12. The summed E-state index contributed by atoms with van der Waals surface area (Å²) in [5.74, 6) is -8.58. The summed E-state index contributed by atoms with van der Waals surface area (Å²) < 4.78 is 0. The zero-order chi connectivity index (χ0) is 39.7. The Kier molecular flexibility index (Phi) is 17.3. The lowest BCUT2D eigenvalue weighted by Crippen LogP contribution is -2.61. The number of nitrogens with two attached hydrogens (primary N) is 3. The van der Waals surface area contributed by atoms with Gasteiger partial charge < -0.3 is 64.2 Å². The van der Waals surface area contributed by atoms with Crippen LogP contribution in [-0.4, -0.2) is 117 Å². The number of hydrogen-bond donors (Lipinski definition) is 12. The lowest BCUT2D eigenvalue weighted by atomic mass is 10.0. The van der Waals surface area contributed by atoms with Crippen LogP contribution in [0.3, 0.4) is 0 Å². The van der Waals surface area contributed by atoms with Crippen molar-refractivity contribution in [2.24, 2.45) is 17.2 Å². The summed E-state index contributed by atoms with van der Waals surface area (Å²) in [4.78, 5) is 99.7. The van der Waals surface area contributed by atoms with Gasteiger partial charge in [-0.3, -0.25) is 33.6 Å². The molecule has 20 nitrogen and oxygen atoms in total. The van der Waals surface area contributed by atoms with E-state index in [0.29, 0.717) is 11.1 Å². The van der Waals surface area contributed by atoms with E-state index in [0.717, 1.165) is 0 Å². The molecule has 0 saturated heterocycles. The molecule has 0 aromatic heterocycles. The van der Waals surface area contributed by atoms with E-state index in [4.69, 9.17) is 17.2 Å². The number of rotatable bonds is 22. The van der Waals surface area contributed by atoms with Crippen molar-refractivity contribution in [3.05, 3.63) is 65.7 Å². The van der Waals surface area contributed by atoms with Crippen molar-refractivity contribution in [3.8, 4) is 5.75 Å². The number of phenolic OH excluding ortho intramolecular Hbond substituents is 1. The van der Waals surface area contributed by atoms with Crippen molar-refractivity contribution < 1.29 is 58.8 Å². The largest absolute Gasteiger partial charge is 0.508 e. The van der Waals surface area contributed by atoms with E-state index >= 15 is 0 Å². The second-order valence-corrected chi connectivity index (χ2v) is 11.9. The zero-order valence-corrected chi connectivity index (χ0v) is 28.4. The Morgan fingerprint density at radius 2 is 0.981 bits per heavy atom. The fraction of sp³-hybridized carbons (Fsp3) is 0.394. The van der Waals surface area contributed by atoms with Crippen molar-refractivity contribution in [2.75, 3.05) is 13.2 Å². The number of amides is 7. The smallest absolute Gasteiger partial charge is 0.326 e. The molecule has 0 spiro atoms. The molecule has 0 aliphatic heterocycles. The predicted molar refractivity (Wildman–Crippen MR) is 184 cm³/mol. The Morgan fingerprint density at radius 3 is 1.42 bits per heavy atom. The third-order valence-corrected chi connectivity index (χ3v) is 7.61. The Balaban J connectivity index is 2.31. The van der Waals surface area contributed by atoms with Crippen molar-refractivity contribution in [2.45, 2.75) is 68.4 Å². The summed E-state index contributed by atoms with van der Waals surface area (Å²) in [5, 5.41) is 50.0. The van der Waals surface area contributed by atoms with Gasteiger partial charge in [-0.15, -0.1) is 0 Å². The number of carboxylic acids is 1. The number of nitrogens with one attached hydrogen (secondary N) is 5. The summed E-state index contributed by atoms with van der Waals surface area (Å²) in [5.41, 5.74) is 17.1. The molecule has 7 amide bonds. The van der Waals surface area contributed by atoms with Gasteiger partial charge in [-0.1, -0.05) is 42.5 Å². The highest BCUT2D eigenvalue weighted by molar-refractivity contribution is 5.97. The van der Waals surface area contributed by atoms with Crippen LogP contribution in [0.5, 0.6) is 5.75 Å². The number of benzene rings is 2. The SMILES string of the molecule is NC(=O)CC[C@H](N)C(=O)N[C@@H](Cc1ccccc1)C(=O)N[C@@H](Cc1ccc(O)cc1)C(=O)N[C@@H](CO)C(=O)N[C@@H](CO)C(=O)N[C@@H](CC(N)=O)C(=O)O. The van der Waals surface area contributed by atoms with Crippen molar-refractivity contribution in [3.63, 3.8) is 0 Å². The minimum atomic E-state index is -1.80. The minimum absolute atomic E-state index is 0.0665. The summed E-state index contributed by atoms with van der Waals surface area (Å²) in [6.45, 7) is -2.11. The maximum absolute atomic E-state index is 13.7. The van der Waals surface area contributed by atoms with Crippen LogP contribution in [0.4, 0.5) is 0 Å². The molecule has 0 radical (unpaired) electrons. The highest BCUT2D eigenvalue weighted by Gasteiger charge is 2.33. The maximum atomic E-state index is 13.7. The third kappa shape index (κ3) is 14.9. The van der Waals surface area contributed by atoms with Crippen LogP contribution in [0.2, 0.25) is 0 Å². The van der Waals surface area contributed by atoms with E-state index in [-0.39, 0.29) is 31.4 Å². The topological polar surface area (TPSA) is 356 Å². The van der Waals surface area contributed by atoms with Crippen LogP contribution >= 0.6 is 0 Å². The molecule has 0 aliphatic carbocycles. The van der Waals surface area contributed by atoms with Gasteiger partial charge in [-0.05, 0) is 29.7 Å². The monoisotopic (exact) mass is 744 g/mol. The molecule has 0 unspecified atom stereocenters. The summed E-state index contributed by atoms with van der Waals surface area (Å²) in [7, 11) is 0. The number of aliphatic hydroxyl groups excluding tert-OH is 2. The van der Waals surface area contributed by atoms with Crippen molar-refractivity contribution >= 4 is 47.3 Å². The van der Waals surface area contributed by atoms with Gasteiger partial charge in [0.25, 0.3) is 0 Å². The molecule has 2 rings (SSSR count). The quantitative estimate of drug-likeness (QED) is 0.0539. The Bertz CT molecular complexity index is 1610. The van der Waals surface area contributed by atoms with Crippen LogP contribution in [-0.2, 0) is 51.2 Å². The molecule has 6 atom stereocenters. The number of aliphatic hydroxyl groups is 2. The van der Waals surface area contributed by atoms with E-state index < -0.39 is 103 Å². The van der Waals surface area contributed by atoms with Crippen LogP contribution in [0.25, 0.3) is 0 Å². The molecule has 20 heteroatoms. The number of carbonyl (C=O) groups is 8. The molecule has 0 saturated carbocycles. The number of aliphatic carboxylic acids is 1. The Labute approximate surface area is 302 Å². The highest BCUT2D eigenvalue weighted by Crippen LogP contribution is 2.13. The van der Waals surface area contributed by atoms with E-state index in [9.17, 15) is 58.8 Å². The average molecular weight is 745 g/mol. The molecule has 0 aliphatic rings. The molecule has 2 aromatic rings. The minimum Gasteiger partial charge on any atom is -0.508 e. The number of carboxylic acid groups (broad SMARTS) is 1. The van der Waals surface area contributed by atoms with Gasteiger partial charge in [-0.2, -0.15) is 0 Å². The fourth-order valence-electron chi connectivity index (χ4n) is 4.72. The van der Waals surface area contributed by atoms with Gasteiger partial charge in [-0.25, -0.2) is 4.79 Å². The zero-order valence-electron chi connectivity index (χ0n) is 28.4.